The summed E-state index contributed by atoms with van der Waals surface area (Å²) in [5.41, 5.74) is 1.31. The molecule has 4 heteroatoms. The molecule has 1 saturated carbocycles. The number of rotatable bonds is 2. The van der Waals surface area contributed by atoms with Gasteiger partial charge in [0.1, 0.15) is 6.10 Å². The van der Waals surface area contributed by atoms with Crippen molar-refractivity contribution in [3.63, 3.8) is 0 Å². The lowest BCUT2D eigenvalue weighted by Gasteiger charge is -2.28. The number of esters is 1. The smallest absolute Gasteiger partial charge is 0.417 e. The van der Waals surface area contributed by atoms with Crippen molar-refractivity contribution in [1.29, 1.82) is 0 Å². The Morgan fingerprint density at radius 1 is 1.06 bits per heavy atom. The molecule has 4 nitrogen and oxygen atoms in total. The topological polar surface area (TPSA) is 63.6 Å². The first-order chi connectivity index (χ1) is 8.66. The predicted molar refractivity (Wildman–Crippen MR) is 65.2 cm³/mol. The second-order valence-corrected chi connectivity index (χ2v) is 4.59. The number of carbonyl (C=O) groups is 2. The molecule has 0 atom stereocenters. The molecular formula is C14H16O4. The molecule has 0 aliphatic heterocycles. The highest BCUT2D eigenvalue weighted by molar-refractivity contribution is 6.28. The second kappa shape index (κ2) is 5.67. The Labute approximate surface area is 106 Å². The summed E-state index contributed by atoms with van der Waals surface area (Å²) in [4.78, 5) is 21.3. The van der Waals surface area contributed by atoms with Crippen LogP contribution in [0.4, 0.5) is 0 Å². The fourth-order valence-electron chi connectivity index (χ4n) is 2.44. The average molecular weight is 248 g/mol. The van der Waals surface area contributed by atoms with Crippen molar-refractivity contribution in [1.82, 2.24) is 0 Å². The predicted octanol–water partition coefficient (Wildman–Crippen LogP) is 2.34. The van der Waals surface area contributed by atoms with Crippen LogP contribution in [0.5, 0.6) is 0 Å². The van der Waals surface area contributed by atoms with Gasteiger partial charge in [0.2, 0.25) is 0 Å². The molecule has 0 heterocycles. The van der Waals surface area contributed by atoms with Crippen LogP contribution in [0.3, 0.4) is 0 Å². The third-order valence-electron chi connectivity index (χ3n) is 3.39. The normalized spacial score (nSPS) is 23.3. The van der Waals surface area contributed by atoms with Gasteiger partial charge in [0.25, 0.3) is 0 Å². The largest absolute Gasteiger partial charge is 0.473 e. The number of carbonyl (C=O) groups excluding carboxylic acids is 1. The highest BCUT2D eigenvalue weighted by Gasteiger charge is 2.26. The lowest BCUT2D eigenvalue weighted by Crippen LogP contribution is -2.27. The Morgan fingerprint density at radius 3 is 2.22 bits per heavy atom. The fourth-order valence-corrected chi connectivity index (χ4v) is 2.44. The molecule has 1 aliphatic rings. The molecule has 0 unspecified atom stereocenters. The summed E-state index contributed by atoms with van der Waals surface area (Å²) in [7, 11) is 0. The summed E-state index contributed by atoms with van der Waals surface area (Å²) in [6.45, 7) is 0. The fraction of sp³-hybridized carbons (Fsp3) is 0.429. The molecule has 1 aliphatic carbocycles. The van der Waals surface area contributed by atoms with Crippen LogP contribution in [0.25, 0.3) is 0 Å². The van der Waals surface area contributed by atoms with E-state index in [9.17, 15) is 9.59 Å². The standard InChI is InChI=1S/C14H16O4/c15-13(16)14(17)18-12-8-6-11(7-9-12)10-4-2-1-3-5-10/h1-5,11-12H,6-9H2,(H,15,16). The molecule has 0 radical (unpaired) electrons. The molecule has 0 amide bonds. The van der Waals surface area contributed by atoms with Crippen LogP contribution in [0, 0.1) is 0 Å². The molecule has 0 aromatic heterocycles. The summed E-state index contributed by atoms with van der Waals surface area (Å²) < 4.78 is 4.90. The van der Waals surface area contributed by atoms with Crippen LogP contribution < -0.4 is 0 Å². The molecule has 0 saturated heterocycles. The van der Waals surface area contributed by atoms with E-state index in [-0.39, 0.29) is 6.10 Å². The van der Waals surface area contributed by atoms with Crippen LogP contribution >= 0.6 is 0 Å². The minimum atomic E-state index is -1.51. The molecule has 1 aromatic carbocycles. The second-order valence-electron chi connectivity index (χ2n) is 4.59. The highest BCUT2D eigenvalue weighted by atomic mass is 16.6. The van der Waals surface area contributed by atoms with Crippen molar-refractivity contribution >= 4 is 11.9 Å². The molecule has 1 fully saturated rings. The van der Waals surface area contributed by atoms with Gasteiger partial charge >= 0.3 is 11.9 Å². The van der Waals surface area contributed by atoms with E-state index in [1.54, 1.807) is 0 Å². The molecular weight excluding hydrogens is 232 g/mol. The molecule has 18 heavy (non-hydrogen) atoms. The van der Waals surface area contributed by atoms with E-state index in [1.807, 2.05) is 18.2 Å². The first-order valence-electron chi connectivity index (χ1n) is 6.15. The van der Waals surface area contributed by atoms with E-state index >= 15 is 0 Å². The SMILES string of the molecule is O=C(O)C(=O)OC1CCC(c2ccccc2)CC1. The Balaban J connectivity index is 1.85. The third-order valence-corrected chi connectivity index (χ3v) is 3.39. The van der Waals surface area contributed by atoms with Gasteiger partial charge in [0, 0.05) is 0 Å². The lowest BCUT2D eigenvalue weighted by atomic mass is 9.83. The van der Waals surface area contributed by atoms with Gasteiger partial charge in [-0.25, -0.2) is 9.59 Å². The average Bonchev–Trinajstić information content (AvgIpc) is 2.40. The van der Waals surface area contributed by atoms with Crippen LogP contribution in [-0.2, 0) is 14.3 Å². The summed E-state index contributed by atoms with van der Waals surface area (Å²) in [6.07, 6.45) is 3.09. The molecule has 1 aromatic rings. The maximum atomic E-state index is 10.9. The number of ether oxygens (including phenoxy) is 1. The van der Waals surface area contributed by atoms with Gasteiger partial charge in [-0.15, -0.1) is 0 Å². The summed E-state index contributed by atoms with van der Waals surface area (Å²) in [5, 5.41) is 8.47. The van der Waals surface area contributed by atoms with Crippen LogP contribution in [-0.4, -0.2) is 23.1 Å². The summed E-state index contributed by atoms with van der Waals surface area (Å²) in [5.74, 6) is -2.16. The minimum Gasteiger partial charge on any atom is -0.473 e. The van der Waals surface area contributed by atoms with Crippen molar-refractivity contribution in [3.05, 3.63) is 35.9 Å². The monoisotopic (exact) mass is 248 g/mol. The molecule has 0 spiro atoms. The zero-order chi connectivity index (χ0) is 13.0. The Morgan fingerprint density at radius 2 is 1.67 bits per heavy atom. The molecule has 96 valence electrons. The maximum absolute atomic E-state index is 10.9. The van der Waals surface area contributed by atoms with E-state index in [1.165, 1.54) is 5.56 Å². The zero-order valence-electron chi connectivity index (χ0n) is 10.0. The quantitative estimate of drug-likeness (QED) is 0.644. The number of carboxylic acid groups (broad SMARTS) is 1. The summed E-state index contributed by atoms with van der Waals surface area (Å²) in [6, 6.07) is 10.2. The number of benzene rings is 1. The molecule has 2 rings (SSSR count). The third kappa shape index (κ3) is 3.09. The maximum Gasteiger partial charge on any atom is 0.417 e. The Bertz CT molecular complexity index is 419. The number of hydrogen-bond acceptors (Lipinski definition) is 3. The van der Waals surface area contributed by atoms with Crippen molar-refractivity contribution in [2.24, 2.45) is 0 Å². The Hall–Kier alpha value is -1.84. The first kappa shape index (κ1) is 12.6. The van der Waals surface area contributed by atoms with Gasteiger partial charge in [-0.05, 0) is 37.2 Å². The Kier molecular flexibility index (Phi) is 3.97. The number of carboxylic acids is 1. The van der Waals surface area contributed by atoms with Crippen LogP contribution in [0.15, 0.2) is 30.3 Å². The van der Waals surface area contributed by atoms with E-state index < -0.39 is 11.9 Å². The molecule has 1 N–H and O–H groups in total. The van der Waals surface area contributed by atoms with E-state index in [0.717, 1.165) is 25.7 Å². The van der Waals surface area contributed by atoms with Gasteiger partial charge in [0.15, 0.2) is 0 Å². The number of hydrogen-bond donors (Lipinski definition) is 1. The number of aliphatic carboxylic acids is 1. The van der Waals surface area contributed by atoms with Gasteiger partial charge in [0.05, 0.1) is 0 Å². The van der Waals surface area contributed by atoms with Crippen molar-refractivity contribution in [2.75, 3.05) is 0 Å². The summed E-state index contributed by atoms with van der Waals surface area (Å²) >= 11 is 0. The zero-order valence-corrected chi connectivity index (χ0v) is 10.0. The van der Waals surface area contributed by atoms with Crippen LogP contribution in [0.1, 0.15) is 37.2 Å². The highest BCUT2D eigenvalue weighted by Crippen LogP contribution is 2.33. The van der Waals surface area contributed by atoms with Crippen LogP contribution in [0.2, 0.25) is 0 Å². The van der Waals surface area contributed by atoms with Crippen molar-refractivity contribution in [3.8, 4) is 0 Å². The van der Waals surface area contributed by atoms with E-state index in [2.05, 4.69) is 12.1 Å². The first-order valence-corrected chi connectivity index (χ1v) is 6.15. The van der Waals surface area contributed by atoms with E-state index in [4.69, 9.17) is 9.84 Å². The van der Waals surface area contributed by atoms with Gasteiger partial charge in [-0.2, -0.15) is 0 Å². The lowest BCUT2D eigenvalue weighted by molar-refractivity contribution is -0.168. The van der Waals surface area contributed by atoms with Gasteiger partial charge in [-0.3, -0.25) is 0 Å². The van der Waals surface area contributed by atoms with Crippen molar-refractivity contribution < 1.29 is 19.4 Å². The molecule has 0 bridgehead atoms. The van der Waals surface area contributed by atoms with Gasteiger partial charge in [-0.1, -0.05) is 30.3 Å². The van der Waals surface area contributed by atoms with E-state index in [0.29, 0.717) is 5.92 Å². The minimum absolute atomic E-state index is 0.242. The van der Waals surface area contributed by atoms with Gasteiger partial charge < -0.3 is 9.84 Å². The van der Waals surface area contributed by atoms with Crippen molar-refractivity contribution in [2.45, 2.75) is 37.7 Å².